The van der Waals surface area contributed by atoms with E-state index in [9.17, 15) is 4.79 Å². The molecule has 3 rings (SSSR count). The Morgan fingerprint density at radius 1 is 1.18 bits per heavy atom. The predicted octanol–water partition coefficient (Wildman–Crippen LogP) is 3.30. The van der Waals surface area contributed by atoms with Gasteiger partial charge in [-0.1, -0.05) is 58.4 Å². The predicted molar refractivity (Wildman–Crippen MR) is 91.4 cm³/mol. The number of carbonyl (C=O) groups excluding carboxylic acids is 1. The van der Waals surface area contributed by atoms with E-state index in [1.165, 1.54) is 5.56 Å². The largest absolute Gasteiger partial charge is 0.354 e. The van der Waals surface area contributed by atoms with Crippen molar-refractivity contribution in [2.24, 2.45) is 5.73 Å². The van der Waals surface area contributed by atoms with Gasteiger partial charge in [0.1, 0.15) is 6.04 Å². The second-order valence-corrected chi connectivity index (χ2v) is 6.81. The van der Waals surface area contributed by atoms with Gasteiger partial charge in [-0.15, -0.1) is 0 Å². The van der Waals surface area contributed by atoms with Crippen LogP contribution in [0.3, 0.4) is 0 Å². The number of carbonyl (C=O) groups is 1. The lowest BCUT2D eigenvalue weighted by Gasteiger charge is -2.19. The summed E-state index contributed by atoms with van der Waals surface area (Å²) in [4.78, 5) is 12.3. The van der Waals surface area contributed by atoms with Crippen molar-refractivity contribution in [3.63, 3.8) is 0 Å². The van der Waals surface area contributed by atoms with Crippen LogP contribution < -0.4 is 11.1 Å². The van der Waals surface area contributed by atoms with E-state index in [1.54, 1.807) is 0 Å². The molecule has 1 aliphatic rings. The van der Waals surface area contributed by atoms with E-state index in [0.29, 0.717) is 6.54 Å². The van der Waals surface area contributed by atoms with Crippen molar-refractivity contribution in [2.75, 3.05) is 6.54 Å². The highest BCUT2D eigenvalue weighted by atomic mass is 79.9. The minimum Gasteiger partial charge on any atom is -0.354 e. The van der Waals surface area contributed by atoms with Gasteiger partial charge in [0.15, 0.2) is 0 Å². The summed E-state index contributed by atoms with van der Waals surface area (Å²) in [6, 6.07) is 17.2. The van der Waals surface area contributed by atoms with E-state index in [4.69, 9.17) is 5.73 Å². The zero-order chi connectivity index (χ0) is 15.6. The first kappa shape index (κ1) is 15.3. The highest BCUT2D eigenvalue weighted by Gasteiger charge is 2.44. The van der Waals surface area contributed by atoms with Crippen molar-refractivity contribution in [2.45, 2.75) is 24.3 Å². The van der Waals surface area contributed by atoms with E-state index >= 15 is 0 Å². The zero-order valence-corrected chi connectivity index (χ0v) is 13.8. The van der Waals surface area contributed by atoms with Gasteiger partial charge < -0.3 is 11.1 Å². The minimum atomic E-state index is -0.612. The van der Waals surface area contributed by atoms with E-state index < -0.39 is 6.04 Å². The highest BCUT2D eigenvalue weighted by Crippen LogP contribution is 2.48. The van der Waals surface area contributed by atoms with E-state index in [2.05, 4.69) is 33.4 Å². The summed E-state index contributed by atoms with van der Waals surface area (Å²) in [5, 5.41) is 3.02. The number of benzene rings is 2. The average Bonchev–Trinajstić information content (AvgIpc) is 3.34. The molecule has 1 atom stereocenters. The molecule has 1 saturated carbocycles. The zero-order valence-electron chi connectivity index (χ0n) is 12.3. The Labute approximate surface area is 139 Å². The molecule has 3 N–H and O–H groups in total. The van der Waals surface area contributed by atoms with E-state index in [-0.39, 0.29) is 11.3 Å². The second-order valence-electron chi connectivity index (χ2n) is 5.90. The molecule has 2 aromatic carbocycles. The van der Waals surface area contributed by atoms with Gasteiger partial charge in [-0.3, -0.25) is 4.79 Å². The van der Waals surface area contributed by atoms with Crippen LogP contribution in [0.25, 0.3) is 0 Å². The smallest absolute Gasteiger partial charge is 0.241 e. The van der Waals surface area contributed by atoms with E-state index in [0.717, 1.165) is 22.9 Å². The van der Waals surface area contributed by atoms with Gasteiger partial charge in [0, 0.05) is 16.4 Å². The number of nitrogens with two attached hydrogens (primary N) is 1. The topological polar surface area (TPSA) is 55.1 Å². The van der Waals surface area contributed by atoms with Crippen LogP contribution in [0.5, 0.6) is 0 Å². The normalized spacial score (nSPS) is 16.8. The van der Waals surface area contributed by atoms with Crippen LogP contribution in [0.4, 0.5) is 0 Å². The summed E-state index contributed by atoms with van der Waals surface area (Å²) < 4.78 is 1.07. The third kappa shape index (κ3) is 3.23. The lowest BCUT2D eigenvalue weighted by molar-refractivity contribution is -0.122. The molecule has 0 aliphatic heterocycles. The van der Waals surface area contributed by atoms with E-state index in [1.807, 2.05) is 42.5 Å². The lowest BCUT2D eigenvalue weighted by atomic mass is 9.96. The molecule has 114 valence electrons. The van der Waals surface area contributed by atoms with Crippen LogP contribution in [-0.2, 0) is 10.2 Å². The summed E-state index contributed by atoms with van der Waals surface area (Å²) in [5.41, 5.74) is 8.22. The van der Waals surface area contributed by atoms with Gasteiger partial charge in [-0.2, -0.15) is 0 Å². The Balaban J connectivity index is 1.64. The molecule has 22 heavy (non-hydrogen) atoms. The standard InChI is InChI=1S/C18H19BrN2O/c19-15-8-4-7-14(11-15)18(9-10-18)12-21-17(22)16(20)13-5-2-1-3-6-13/h1-8,11,16H,9-10,12,20H2,(H,21,22). The molecule has 0 spiro atoms. The summed E-state index contributed by atoms with van der Waals surface area (Å²) in [6.07, 6.45) is 2.20. The first-order chi connectivity index (χ1) is 10.6. The molecule has 1 fully saturated rings. The fraction of sp³-hybridized carbons (Fsp3) is 0.278. The SMILES string of the molecule is NC(C(=O)NCC1(c2cccc(Br)c2)CC1)c1ccccc1. The molecule has 4 heteroatoms. The molecule has 0 saturated heterocycles. The van der Waals surface area contributed by atoms with Crippen molar-refractivity contribution in [3.05, 3.63) is 70.2 Å². The Hall–Kier alpha value is -1.65. The van der Waals surface area contributed by atoms with Gasteiger partial charge in [-0.05, 0) is 36.1 Å². The molecule has 1 unspecified atom stereocenters. The van der Waals surface area contributed by atoms with Gasteiger partial charge in [0.05, 0.1) is 0 Å². The van der Waals surface area contributed by atoms with Crippen LogP contribution in [0.15, 0.2) is 59.1 Å². The van der Waals surface area contributed by atoms with Crippen LogP contribution >= 0.6 is 15.9 Å². The van der Waals surface area contributed by atoms with Crippen molar-refractivity contribution in [3.8, 4) is 0 Å². The van der Waals surface area contributed by atoms with Crippen LogP contribution in [-0.4, -0.2) is 12.5 Å². The molecular weight excluding hydrogens is 340 g/mol. The van der Waals surface area contributed by atoms with Gasteiger partial charge in [0.25, 0.3) is 0 Å². The van der Waals surface area contributed by atoms with Gasteiger partial charge >= 0.3 is 0 Å². The van der Waals surface area contributed by atoms with Crippen molar-refractivity contribution >= 4 is 21.8 Å². The van der Waals surface area contributed by atoms with Crippen molar-refractivity contribution in [1.82, 2.24) is 5.32 Å². The second kappa shape index (κ2) is 6.23. The summed E-state index contributed by atoms with van der Waals surface area (Å²) >= 11 is 3.51. The third-order valence-electron chi connectivity index (χ3n) is 4.33. The lowest BCUT2D eigenvalue weighted by Crippen LogP contribution is -2.38. The fourth-order valence-electron chi connectivity index (χ4n) is 2.71. The molecule has 0 radical (unpaired) electrons. The Kier molecular flexibility index (Phi) is 4.32. The monoisotopic (exact) mass is 358 g/mol. The minimum absolute atomic E-state index is 0.0792. The number of hydrogen-bond donors (Lipinski definition) is 2. The van der Waals surface area contributed by atoms with Gasteiger partial charge in [-0.25, -0.2) is 0 Å². The van der Waals surface area contributed by atoms with Crippen molar-refractivity contribution in [1.29, 1.82) is 0 Å². The first-order valence-corrected chi connectivity index (χ1v) is 8.24. The number of nitrogens with one attached hydrogen (secondary N) is 1. The number of halogens is 1. The Bertz CT molecular complexity index is 668. The van der Waals surface area contributed by atoms with Gasteiger partial charge in [0.2, 0.25) is 5.91 Å². The molecule has 3 nitrogen and oxygen atoms in total. The fourth-order valence-corrected chi connectivity index (χ4v) is 3.11. The molecule has 1 aliphatic carbocycles. The Morgan fingerprint density at radius 2 is 1.91 bits per heavy atom. The summed E-state index contributed by atoms with van der Waals surface area (Å²) in [5.74, 6) is -0.118. The van der Waals surface area contributed by atoms with Crippen LogP contribution in [0.1, 0.15) is 30.0 Å². The third-order valence-corrected chi connectivity index (χ3v) is 4.83. The van der Waals surface area contributed by atoms with Crippen LogP contribution in [0, 0.1) is 0 Å². The number of amides is 1. The number of rotatable bonds is 5. The maximum atomic E-state index is 12.3. The molecule has 0 aromatic heterocycles. The maximum Gasteiger partial charge on any atom is 0.241 e. The quantitative estimate of drug-likeness (QED) is 0.861. The summed E-state index contributed by atoms with van der Waals surface area (Å²) in [7, 11) is 0. The maximum absolute atomic E-state index is 12.3. The molecule has 0 heterocycles. The molecule has 0 bridgehead atoms. The molecular formula is C18H19BrN2O. The number of hydrogen-bond acceptors (Lipinski definition) is 2. The van der Waals surface area contributed by atoms with Crippen LogP contribution in [0.2, 0.25) is 0 Å². The highest BCUT2D eigenvalue weighted by molar-refractivity contribution is 9.10. The molecule has 1 amide bonds. The molecule has 2 aromatic rings. The average molecular weight is 359 g/mol. The van der Waals surface area contributed by atoms with Crippen molar-refractivity contribution < 1.29 is 4.79 Å². The first-order valence-electron chi connectivity index (χ1n) is 7.45. The summed E-state index contributed by atoms with van der Waals surface area (Å²) in [6.45, 7) is 0.642. The Morgan fingerprint density at radius 3 is 2.55 bits per heavy atom.